The summed E-state index contributed by atoms with van der Waals surface area (Å²) in [6, 6.07) is 5.27. The van der Waals surface area contributed by atoms with Gasteiger partial charge >= 0.3 is 0 Å². The lowest BCUT2D eigenvalue weighted by molar-refractivity contribution is 0.122. The maximum absolute atomic E-state index is 12.1. The van der Waals surface area contributed by atoms with Crippen LogP contribution in [-0.4, -0.2) is 47.9 Å². The fourth-order valence-electron chi connectivity index (χ4n) is 2.28. The fourth-order valence-corrected chi connectivity index (χ4v) is 3.41. The minimum Gasteiger partial charge on any atom is -0.495 e. The van der Waals surface area contributed by atoms with E-state index in [9.17, 15) is 8.42 Å². The highest BCUT2D eigenvalue weighted by molar-refractivity contribution is 7.90. The van der Waals surface area contributed by atoms with Gasteiger partial charge in [-0.05, 0) is 32.0 Å². The van der Waals surface area contributed by atoms with Gasteiger partial charge in [0.15, 0.2) is 0 Å². The van der Waals surface area contributed by atoms with Gasteiger partial charge in [0.25, 0.3) is 10.2 Å². The summed E-state index contributed by atoms with van der Waals surface area (Å²) in [5, 5.41) is 0. The van der Waals surface area contributed by atoms with Crippen molar-refractivity contribution < 1.29 is 17.9 Å². The maximum Gasteiger partial charge on any atom is 0.299 e. The first kappa shape index (κ1) is 16.9. The van der Waals surface area contributed by atoms with Crippen LogP contribution in [0.3, 0.4) is 0 Å². The lowest BCUT2D eigenvalue weighted by Crippen LogP contribution is -2.37. The standard InChI is InChI=1S/C14H23N3O4S/c1-11(2)15-22(18,19)16-13-10-12(4-5-14(13)20-3)17-6-8-21-9-7-17/h4-5,10-11,15-16H,6-9H2,1-3H3. The van der Waals surface area contributed by atoms with Crippen LogP contribution in [0, 0.1) is 0 Å². The van der Waals surface area contributed by atoms with Crippen molar-refractivity contribution in [2.45, 2.75) is 19.9 Å². The topological polar surface area (TPSA) is 79.9 Å². The van der Waals surface area contributed by atoms with E-state index in [0.29, 0.717) is 24.7 Å². The molecule has 0 spiro atoms. The molecule has 8 heteroatoms. The van der Waals surface area contributed by atoms with Gasteiger partial charge < -0.3 is 14.4 Å². The fraction of sp³-hybridized carbons (Fsp3) is 0.571. The van der Waals surface area contributed by atoms with Crippen molar-refractivity contribution in [3.05, 3.63) is 18.2 Å². The molecule has 22 heavy (non-hydrogen) atoms. The molecule has 0 aliphatic carbocycles. The number of hydrogen-bond donors (Lipinski definition) is 2. The van der Waals surface area contributed by atoms with E-state index in [1.807, 2.05) is 6.07 Å². The van der Waals surface area contributed by atoms with Crippen molar-refractivity contribution in [2.24, 2.45) is 0 Å². The van der Waals surface area contributed by atoms with E-state index < -0.39 is 10.2 Å². The predicted octanol–water partition coefficient (Wildman–Crippen LogP) is 1.19. The molecule has 0 aromatic heterocycles. The van der Waals surface area contributed by atoms with Crippen molar-refractivity contribution in [3.63, 3.8) is 0 Å². The van der Waals surface area contributed by atoms with Gasteiger partial charge in [0, 0.05) is 24.8 Å². The smallest absolute Gasteiger partial charge is 0.299 e. The van der Waals surface area contributed by atoms with Gasteiger partial charge in [-0.2, -0.15) is 13.1 Å². The van der Waals surface area contributed by atoms with Gasteiger partial charge in [-0.25, -0.2) is 0 Å². The van der Waals surface area contributed by atoms with Gasteiger partial charge in [-0.15, -0.1) is 0 Å². The van der Waals surface area contributed by atoms with Crippen LogP contribution < -0.4 is 19.1 Å². The zero-order valence-electron chi connectivity index (χ0n) is 13.1. The van der Waals surface area contributed by atoms with E-state index in [0.717, 1.165) is 18.8 Å². The van der Waals surface area contributed by atoms with Crippen molar-refractivity contribution in [1.29, 1.82) is 0 Å². The highest BCUT2D eigenvalue weighted by Gasteiger charge is 2.17. The number of rotatable bonds is 6. The number of hydrogen-bond acceptors (Lipinski definition) is 5. The molecule has 0 amide bonds. The van der Waals surface area contributed by atoms with Gasteiger partial charge in [0.2, 0.25) is 0 Å². The van der Waals surface area contributed by atoms with Crippen molar-refractivity contribution >= 4 is 21.6 Å². The molecule has 0 unspecified atom stereocenters. The number of morpholine rings is 1. The Bertz CT molecular complexity index is 598. The molecule has 2 N–H and O–H groups in total. The molecule has 1 fully saturated rings. The Morgan fingerprint density at radius 1 is 1.27 bits per heavy atom. The first-order valence-electron chi connectivity index (χ1n) is 7.22. The lowest BCUT2D eigenvalue weighted by atomic mass is 10.2. The molecule has 1 aliphatic heterocycles. The summed E-state index contributed by atoms with van der Waals surface area (Å²) in [7, 11) is -2.13. The number of benzene rings is 1. The summed E-state index contributed by atoms with van der Waals surface area (Å²) in [5.74, 6) is 0.478. The molecular weight excluding hydrogens is 306 g/mol. The maximum atomic E-state index is 12.1. The molecular formula is C14H23N3O4S. The summed E-state index contributed by atoms with van der Waals surface area (Å²) >= 11 is 0. The van der Waals surface area contributed by atoms with E-state index >= 15 is 0 Å². The van der Waals surface area contributed by atoms with Crippen LogP contribution in [0.2, 0.25) is 0 Å². The Kier molecular flexibility index (Phi) is 5.49. The molecule has 124 valence electrons. The Morgan fingerprint density at radius 3 is 2.55 bits per heavy atom. The first-order chi connectivity index (χ1) is 10.4. The minimum atomic E-state index is -3.64. The van der Waals surface area contributed by atoms with Crippen LogP contribution >= 0.6 is 0 Å². The van der Waals surface area contributed by atoms with Crippen molar-refractivity contribution in [1.82, 2.24) is 4.72 Å². The largest absolute Gasteiger partial charge is 0.495 e. The second-order valence-corrected chi connectivity index (χ2v) is 6.81. The summed E-state index contributed by atoms with van der Waals surface area (Å²) in [5.41, 5.74) is 1.35. The Balaban J connectivity index is 2.24. The third-order valence-electron chi connectivity index (χ3n) is 3.19. The molecule has 1 heterocycles. The van der Waals surface area contributed by atoms with Crippen LogP contribution in [0.5, 0.6) is 5.75 Å². The molecule has 1 aliphatic rings. The number of nitrogens with zero attached hydrogens (tertiary/aromatic N) is 1. The van der Waals surface area contributed by atoms with Crippen LogP contribution in [0.25, 0.3) is 0 Å². The second kappa shape index (κ2) is 7.17. The molecule has 2 rings (SSSR count). The zero-order valence-corrected chi connectivity index (χ0v) is 13.9. The van der Waals surface area contributed by atoms with E-state index in [4.69, 9.17) is 9.47 Å². The van der Waals surface area contributed by atoms with E-state index in [-0.39, 0.29) is 6.04 Å². The summed E-state index contributed by atoms with van der Waals surface area (Å²) < 4.78 is 39.7. The Labute approximate surface area is 131 Å². The van der Waals surface area contributed by atoms with E-state index in [1.165, 1.54) is 7.11 Å². The van der Waals surface area contributed by atoms with Crippen LogP contribution in [0.15, 0.2) is 18.2 Å². The quantitative estimate of drug-likeness (QED) is 0.819. The summed E-state index contributed by atoms with van der Waals surface area (Å²) in [4.78, 5) is 2.15. The molecule has 7 nitrogen and oxygen atoms in total. The van der Waals surface area contributed by atoms with Crippen LogP contribution in [0.1, 0.15) is 13.8 Å². The van der Waals surface area contributed by atoms with E-state index in [2.05, 4.69) is 14.3 Å². The van der Waals surface area contributed by atoms with Gasteiger partial charge in [-0.3, -0.25) is 4.72 Å². The van der Waals surface area contributed by atoms with Crippen molar-refractivity contribution in [2.75, 3.05) is 43.0 Å². The second-order valence-electron chi connectivity index (χ2n) is 5.36. The highest BCUT2D eigenvalue weighted by Crippen LogP contribution is 2.30. The molecule has 0 atom stereocenters. The average Bonchev–Trinajstić information content (AvgIpc) is 2.46. The molecule has 1 aromatic carbocycles. The molecule has 0 bridgehead atoms. The third-order valence-corrected chi connectivity index (χ3v) is 4.46. The van der Waals surface area contributed by atoms with Gasteiger partial charge in [-0.1, -0.05) is 0 Å². The molecule has 0 saturated carbocycles. The van der Waals surface area contributed by atoms with Gasteiger partial charge in [0.05, 0.1) is 26.0 Å². The number of methoxy groups -OCH3 is 1. The zero-order chi connectivity index (χ0) is 16.2. The first-order valence-corrected chi connectivity index (χ1v) is 8.70. The SMILES string of the molecule is COc1ccc(N2CCOCC2)cc1NS(=O)(=O)NC(C)C. The summed E-state index contributed by atoms with van der Waals surface area (Å²) in [6.07, 6.45) is 0. The highest BCUT2D eigenvalue weighted by atomic mass is 32.2. The third kappa shape index (κ3) is 4.49. The molecule has 1 aromatic rings. The average molecular weight is 329 g/mol. The lowest BCUT2D eigenvalue weighted by Gasteiger charge is -2.29. The Morgan fingerprint density at radius 2 is 1.95 bits per heavy atom. The van der Waals surface area contributed by atoms with E-state index in [1.54, 1.807) is 26.0 Å². The molecule has 1 saturated heterocycles. The van der Waals surface area contributed by atoms with Gasteiger partial charge in [0.1, 0.15) is 5.75 Å². The molecule has 0 radical (unpaired) electrons. The number of anilines is 2. The van der Waals surface area contributed by atoms with Crippen molar-refractivity contribution in [3.8, 4) is 5.75 Å². The monoisotopic (exact) mass is 329 g/mol. The van der Waals surface area contributed by atoms with Crippen LogP contribution in [0.4, 0.5) is 11.4 Å². The number of nitrogens with one attached hydrogen (secondary N) is 2. The predicted molar refractivity (Wildman–Crippen MR) is 86.8 cm³/mol. The minimum absolute atomic E-state index is 0.189. The summed E-state index contributed by atoms with van der Waals surface area (Å²) in [6.45, 7) is 6.43. The normalized spacial score (nSPS) is 15.9. The number of ether oxygens (including phenoxy) is 2. The van der Waals surface area contributed by atoms with Crippen LogP contribution in [-0.2, 0) is 14.9 Å². The Hall–Kier alpha value is -1.51.